The normalized spacial score (nSPS) is 16.0. The summed E-state index contributed by atoms with van der Waals surface area (Å²) >= 11 is 0. The Kier molecular flexibility index (Phi) is 5.39. The van der Waals surface area contributed by atoms with Gasteiger partial charge in [-0.05, 0) is 34.8 Å². The first kappa shape index (κ1) is 17.6. The number of anilines is 1. The molecular weight excluding hydrogens is 326 g/mol. The van der Waals surface area contributed by atoms with Gasteiger partial charge in [0.2, 0.25) is 0 Å². The summed E-state index contributed by atoms with van der Waals surface area (Å²) in [6.45, 7) is 3.18. The van der Waals surface area contributed by atoms with Crippen molar-refractivity contribution in [3.8, 4) is 0 Å². The standard InChI is InChI=1S/C26H27N/c1-2-3-16-23-24-17-10-11-18-26(24)27(19-21-12-6-4-7-13-21)20-25(23)22-14-8-5-9-15-22/h4-15,17-18,20,23H,2-3,16,19H2,1H3. The summed E-state index contributed by atoms with van der Waals surface area (Å²) in [5.74, 6) is 0.468. The van der Waals surface area contributed by atoms with Crippen LogP contribution in [0.1, 0.15) is 48.8 Å². The Morgan fingerprint density at radius 2 is 1.44 bits per heavy atom. The molecule has 1 aliphatic rings. The van der Waals surface area contributed by atoms with Crippen LogP contribution in [-0.2, 0) is 6.54 Å². The Balaban J connectivity index is 1.78. The highest BCUT2D eigenvalue weighted by Crippen LogP contribution is 2.45. The van der Waals surface area contributed by atoms with Gasteiger partial charge in [-0.3, -0.25) is 0 Å². The first-order valence-corrected chi connectivity index (χ1v) is 10.0. The molecule has 3 aromatic carbocycles. The molecule has 136 valence electrons. The number of para-hydroxylation sites is 1. The Hall–Kier alpha value is -2.80. The van der Waals surface area contributed by atoms with Crippen molar-refractivity contribution < 1.29 is 0 Å². The van der Waals surface area contributed by atoms with Crippen molar-refractivity contribution in [1.82, 2.24) is 0 Å². The van der Waals surface area contributed by atoms with Crippen LogP contribution in [0, 0.1) is 0 Å². The van der Waals surface area contributed by atoms with E-state index in [9.17, 15) is 0 Å². The van der Waals surface area contributed by atoms with Crippen molar-refractivity contribution in [1.29, 1.82) is 0 Å². The summed E-state index contributed by atoms with van der Waals surface area (Å²) < 4.78 is 0. The zero-order valence-corrected chi connectivity index (χ0v) is 16.0. The van der Waals surface area contributed by atoms with Gasteiger partial charge in [-0.2, -0.15) is 0 Å². The summed E-state index contributed by atoms with van der Waals surface area (Å²) in [7, 11) is 0. The third-order valence-electron chi connectivity index (χ3n) is 5.44. The van der Waals surface area contributed by atoms with Crippen LogP contribution in [0.25, 0.3) is 5.57 Å². The molecule has 0 radical (unpaired) electrons. The molecule has 4 rings (SSSR count). The van der Waals surface area contributed by atoms with E-state index >= 15 is 0 Å². The summed E-state index contributed by atoms with van der Waals surface area (Å²) in [5, 5.41) is 0. The molecule has 1 aliphatic heterocycles. The number of rotatable bonds is 6. The van der Waals surface area contributed by atoms with E-state index in [1.807, 2.05) is 0 Å². The highest BCUT2D eigenvalue weighted by molar-refractivity contribution is 5.80. The van der Waals surface area contributed by atoms with Crippen LogP contribution in [0.3, 0.4) is 0 Å². The Bertz CT molecular complexity index is 896. The van der Waals surface area contributed by atoms with E-state index < -0.39 is 0 Å². The van der Waals surface area contributed by atoms with E-state index in [4.69, 9.17) is 0 Å². The lowest BCUT2D eigenvalue weighted by Gasteiger charge is -2.35. The highest BCUT2D eigenvalue weighted by Gasteiger charge is 2.27. The molecule has 1 heteroatoms. The summed E-state index contributed by atoms with van der Waals surface area (Å²) in [5.41, 5.74) is 6.93. The van der Waals surface area contributed by atoms with Crippen LogP contribution in [-0.4, -0.2) is 0 Å². The van der Waals surface area contributed by atoms with Gasteiger partial charge in [-0.25, -0.2) is 0 Å². The van der Waals surface area contributed by atoms with Gasteiger partial charge in [-0.1, -0.05) is 98.6 Å². The molecule has 0 amide bonds. The van der Waals surface area contributed by atoms with Crippen molar-refractivity contribution in [3.63, 3.8) is 0 Å². The van der Waals surface area contributed by atoms with Crippen LogP contribution in [0.15, 0.2) is 91.1 Å². The van der Waals surface area contributed by atoms with Gasteiger partial charge in [0.05, 0.1) is 0 Å². The molecule has 0 aromatic heterocycles. The average molecular weight is 354 g/mol. The zero-order valence-electron chi connectivity index (χ0n) is 16.0. The lowest BCUT2D eigenvalue weighted by Crippen LogP contribution is -2.24. The number of hydrogen-bond acceptors (Lipinski definition) is 1. The molecule has 27 heavy (non-hydrogen) atoms. The predicted molar refractivity (Wildman–Crippen MR) is 116 cm³/mol. The van der Waals surface area contributed by atoms with Crippen LogP contribution >= 0.6 is 0 Å². The van der Waals surface area contributed by atoms with E-state index in [-0.39, 0.29) is 0 Å². The molecule has 3 aromatic rings. The second kappa shape index (κ2) is 8.26. The fraction of sp³-hybridized carbons (Fsp3) is 0.231. The van der Waals surface area contributed by atoms with Gasteiger partial charge >= 0.3 is 0 Å². The maximum atomic E-state index is 2.43. The lowest BCUT2D eigenvalue weighted by molar-refractivity contribution is 0.665. The molecule has 1 unspecified atom stereocenters. The first-order chi connectivity index (χ1) is 13.4. The highest BCUT2D eigenvalue weighted by atomic mass is 15.1. The van der Waals surface area contributed by atoms with E-state index in [1.54, 1.807) is 0 Å². The van der Waals surface area contributed by atoms with E-state index in [0.717, 1.165) is 6.54 Å². The molecular formula is C26H27N. The molecule has 1 atom stereocenters. The molecule has 0 fully saturated rings. The molecule has 0 saturated heterocycles. The van der Waals surface area contributed by atoms with Gasteiger partial charge in [0.25, 0.3) is 0 Å². The maximum Gasteiger partial charge on any atom is 0.0476 e. The van der Waals surface area contributed by atoms with Gasteiger partial charge < -0.3 is 4.90 Å². The Morgan fingerprint density at radius 1 is 0.778 bits per heavy atom. The molecule has 0 spiro atoms. The third-order valence-corrected chi connectivity index (χ3v) is 5.44. The van der Waals surface area contributed by atoms with Crippen molar-refractivity contribution in [3.05, 3.63) is 108 Å². The van der Waals surface area contributed by atoms with Crippen molar-refractivity contribution >= 4 is 11.3 Å². The quantitative estimate of drug-likeness (QED) is 0.460. The zero-order chi connectivity index (χ0) is 18.5. The SMILES string of the molecule is CCCCC1C(c2ccccc2)=CN(Cc2ccccc2)c2ccccc21. The monoisotopic (exact) mass is 353 g/mol. The van der Waals surface area contributed by atoms with Crippen molar-refractivity contribution in [2.24, 2.45) is 0 Å². The van der Waals surface area contributed by atoms with Crippen LogP contribution in [0.5, 0.6) is 0 Å². The molecule has 1 nitrogen and oxygen atoms in total. The molecule has 0 N–H and O–H groups in total. The topological polar surface area (TPSA) is 3.24 Å². The largest absolute Gasteiger partial charge is 0.343 e. The van der Waals surface area contributed by atoms with Crippen molar-refractivity contribution in [2.45, 2.75) is 38.6 Å². The number of hydrogen-bond donors (Lipinski definition) is 0. The summed E-state index contributed by atoms with van der Waals surface area (Å²) in [6.07, 6.45) is 6.08. The van der Waals surface area contributed by atoms with Crippen molar-refractivity contribution in [2.75, 3.05) is 4.90 Å². The number of allylic oxidation sites excluding steroid dienone is 1. The third kappa shape index (κ3) is 3.83. The second-order valence-electron chi connectivity index (χ2n) is 7.32. The summed E-state index contributed by atoms with van der Waals surface area (Å²) in [6, 6.07) is 30.6. The number of benzene rings is 3. The minimum absolute atomic E-state index is 0.468. The van der Waals surface area contributed by atoms with Gasteiger partial charge in [-0.15, -0.1) is 0 Å². The fourth-order valence-electron chi connectivity index (χ4n) is 4.08. The lowest BCUT2D eigenvalue weighted by atomic mass is 9.80. The molecule has 0 saturated carbocycles. The van der Waals surface area contributed by atoms with E-state index in [0.29, 0.717) is 5.92 Å². The van der Waals surface area contributed by atoms with Gasteiger partial charge in [0.1, 0.15) is 0 Å². The van der Waals surface area contributed by atoms with Gasteiger partial charge in [0, 0.05) is 24.4 Å². The number of fused-ring (bicyclic) bond motifs is 1. The van der Waals surface area contributed by atoms with E-state index in [1.165, 1.54) is 47.2 Å². The predicted octanol–water partition coefficient (Wildman–Crippen LogP) is 7.02. The second-order valence-corrected chi connectivity index (χ2v) is 7.32. The van der Waals surface area contributed by atoms with Crippen LogP contribution < -0.4 is 4.90 Å². The van der Waals surface area contributed by atoms with Crippen LogP contribution in [0.2, 0.25) is 0 Å². The number of unbranched alkanes of at least 4 members (excludes halogenated alkanes) is 1. The smallest absolute Gasteiger partial charge is 0.0476 e. The van der Waals surface area contributed by atoms with Gasteiger partial charge in [0.15, 0.2) is 0 Å². The Morgan fingerprint density at radius 3 is 2.19 bits per heavy atom. The molecule has 0 aliphatic carbocycles. The van der Waals surface area contributed by atoms with E-state index in [2.05, 4.69) is 103 Å². The Labute approximate surface area is 163 Å². The fourth-order valence-corrected chi connectivity index (χ4v) is 4.08. The molecule has 1 heterocycles. The van der Waals surface area contributed by atoms with Crippen LogP contribution in [0.4, 0.5) is 5.69 Å². The summed E-state index contributed by atoms with van der Waals surface area (Å²) in [4.78, 5) is 2.43. The maximum absolute atomic E-state index is 2.43. The molecule has 0 bridgehead atoms. The number of nitrogens with zero attached hydrogens (tertiary/aromatic N) is 1. The minimum Gasteiger partial charge on any atom is -0.343 e. The minimum atomic E-state index is 0.468. The first-order valence-electron chi connectivity index (χ1n) is 10.0. The average Bonchev–Trinajstić information content (AvgIpc) is 2.74.